The Balaban J connectivity index is 1.83. The molecule has 0 saturated heterocycles. The first-order valence-corrected chi connectivity index (χ1v) is 7.55. The second-order valence-corrected chi connectivity index (χ2v) is 5.08. The molecule has 0 radical (unpaired) electrons. The second kappa shape index (κ2) is 7.74. The van der Waals surface area contributed by atoms with Crippen LogP contribution < -0.4 is 10.6 Å². The molecule has 0 aliphatic rings. The third kappa shape index (κ3) is 4.42. The Bertz CT molecular complexity index is 873. The highest BCUT2D eigenvalue weighted by Gasteiger charge is 2.15. The van der Waals surface area contributed by atoms with Crippen molar-refractivity contribution in [2.45, 2.75) is 0 Å². The Morgan fingerprint density at radius 2 is 1.72 bits per heavy atom. The van der Waals surface area contributed by atoms with Crippen molar-refractivity contribution in [3.63, 3.8) is 0 Å². The van der Waals surface area contributed by atoms with Crippen molar-refractivity contribution in [1.29, 1.82) is 0 Å². The first kappa shape index (κ1) is 16.2. The van der Waals surface area contributed by atoms with E-state index in [1.807, 2.05) is 6.07 Å². The molecule has 2 aromatic heterocycles. The molecule has 2 heterocycles. The van der Waals surface area contributed by atoms with Crippen LogP contribution in [0.25, 0.3) is 6.08 Å². The zero-order chi connectivity index (χ0) is 17.5. The van der Waals surface area contributed by atoms with E-state index >= 15 is 0 Å². The van der Waals surface area contributed by atoms with Gasteiger partial charge in [0, 0.05) is 29.7 Å². The highest BCUT2D eigenvalue weighted by atomic mass is 16.3. The van der Waals surface area contributed by atoms with E-state index < -0.39 is 5.91 Å². The van der Waals surface area contributed by atoms with Gasteiger partial charge >= 0.3 is 0 Å². The van der Waals surface area contributed by atoms with Gasteiger partial charge in [0.25, 0.3) is 11.8 Å². The van der Waals surface area contributed by atoms with Crippen LogP contribution in [-0.2, 0) is 4.79 Å². The summed E-state index contributed by atoms with van der Waals surface area (Å²) in [5.74, 6) is -0.400. The van der Waals surface area contributed by atoms with Crippen molar-refractivity contribution < 1.29 is 14.0 Å². The molecule has 0 aliphatic carbocycles. The SMILES string of the molecule is O=C(Nc1ccncc1)C(=Cc1ccco1)NC(=O)c1ccccc1. The van der Waals surface area contributed by atoms with E-state index in [9.17, 15) is 9.59 Å². The first-order valence-electron chi connectivity index (χ1n) is 7.55. The topological polar surface area (TPSA) is 84.2 Å². The Kier molecular flexibility index (Phi) is 5.01. The molecule has 2 amide bonds. The molecule has 6 heteroatoms. The Hall–Kier alpha value is -3.67. The van der Waals surface area contributed by atoms with Crippen LogP contribution in [0.5, 0.6) is 0 Å². The summed E-state index contributed by atoms with van der Waals surface area (Å²) in [6, 6.07) is 15.3. The number of benzene rings is 1. The summed E-state index contributed by atoms with van der Waals surface area (Å²) in [5.41, 5.74) is 1.09. The highest BCUT2D eigenvalue weighted by Crippen LogP contribution is 2.11. The summed E-state index contributed by atoms with van der Waals surface area (Å²) in [6.45, 7) is 0. The molecular formula is C19H15N3O3. The largest absolute Gasteiger partial charge is 0.465 e. The second-order valence-electron chi connectivity index (χ2n) is 5.08. The van der Waals surface area contributed by atoms with Crippen molar-refractivity contribution in [1.82, 2.24) is 10.3 Å². The summed E-state index contributed by atoms with van der Waals surface area (Å²) in [4.78, 5) is 28.8. The predicted molar refractivity (Wildman–Crippen MR) is 93.5 cm³/mol. The Morgan fingerprint density at radius 1 is 0.960 bits per heavy atom. The zero-order valence-corrected chi connectivity index (χ0v) is 13.2. The van der Waals surface area contributed by atoms with Crippen LogP contribution in [0.3, 0.4) is 0 Å². The molecule has 6 nitrogen and oxygen atoms in total. The van der Waals surface area contributed by atoms with Gasteiger partial charge in [0.2, 0.25) is 0 Å². The maximum atomic E-state index is 12.5. The summed E-state index contributed by atoms with van der Waals surface area (Å²) in [5, 5.41) is 5.33. The third-order valence-electron chi connectivity index (χ3n) is 3.30. The lowest BCUT2D eigenvalue weighted by atomic mass is 10.2. The molecule has 3 aromatic rings. The average molecular weight is 333 g/mol. The normalized spacial score (nSPS) is 11.0. The monoisotopic (exact) mass is 333 g/mol. The van der Waals surface area contributed by atoms with Crippen LogP contribution in [0.2, 0.25) is 0 Å². The highest BCUT2D eigenvalue weighted by molar-refractivity contribution is 6.10. The average Bonchev–Trinajstić information content (AvgIpc) is 3.16. The fourth-order valence-electron chi connectivity index (χ4n) is 2.09. The minimum atomic E-state index is -0.466. The lowest BCUT2D eigenvalue weighted by Gasteiger charge is -2.10. The lowest BCUT2D eigenvalue weighted by Crippen LogP contribution is -2.30. The smallest absolute Gasteiger partial charge is 0.272 e. The van der Waals surface area contributed by atoms with Gasteiger partial charge in [-0.05, 0) is 36.4 Å². The number of pyridine rings is 1. The van der Waals surface area contributed by atoms with E-state index in [0.29, 0.717) is 17.0 Å². The number of carbonyl (C=O) groups excluding carboxylic acids is 2. The van der Waals surface area contributed by atoms with Crippen molar-refractivity contribution in [2.24, 2.45) is 0 Å². The maximum absolute atomic E-state index is 12.5. The Labute approximate surface area is 144 Å². The van der Waals surface area contributed by atoms with Crippen LogP contribution in [0.15, 0.2) is 83.4 Å². The van der Waals surface area contributed by atoms with Crippen LogP contribution in [0, 0.1) is 0 Å². The van der Waals surface area contributed by atoms with Crippen molar-refractivity contribution in [3.8, 4) is 0 Å². The number of nitrogens with one attached hydrogen (secondary N) is 2. The van der Waals surface area contributed by atoms with Crippen LogP contribution in [0.1, 0.15) is 16.1 Å². The number of hydrogen-bond donors (Lipinski definition) is 2. The number of nitrogens with zero attached hydrogens (tertiary/aromatic N) is 1. The minimum Gasteiger partial charge on any atom is -0.465 e. The number of carbonyl (C=O) groups is 2. The molecule has 0 aliphatic heterocycles. The van der Waals surface area contributed by atoms with Gasteiger partial charge in [-0.2, -0.15) is 0 Å². The van der Waals surface area contributed by atoms with E-state index in [2.05, 4.69) is 15.6 Å². The van der Waals surface area contributed by atoms with E-state index in [1.54, 1.807) is 60.9 Å². The number of aromatic nitrogens is 1. The van der Waals surface area contributed by atoms with Gasteiger partial charge in [-0.25, -0.2) is 0 Å². The van der Waals surface area contributed by atoms with Crippen LogP contribution in [0.4, 0.5) is 5.69 Å². The standard InChI is InChI=1S/C19H15N3O3/c23-18(14-5-2-1-3-6-14)22-17(13-16-7-4-12-25-16)19(24)21-15-8-10-20-11-9-15/h1-13H,(H,22,23)(H,20,21,24). The summed E-state index contributed by atoms with van der Waals surface area (Å²) in [7, 11) is 0. The van der Waals surface area contributed by atoms with Gasteiger partial charge in [-0.1, -0.05) is 18.2 Å². The fraction of sp³-hybridized carbons (Fsp3) is 0. The molecule has 124 valence electrons. The number of furan rings is 1. The molecule has 3 rings (SSSR count). The minimum absolute atomic E-state index is 0.0700. The molecule has 25 heavy (non-hydrogen) atoms. The molecule has 0 atom stereocenters. The predicted octanol–water partition coefficient (Wildman–Crippen LogP) is 3.08. The molecular weight excluding hydrogens is 318 g/mol. The van der Waals surface area contributed by atoms with E-state index in [-0.39, 0.29) is 11.6 Å². The van der Waals surface area contributed by atoms with Gasteiger partial charge in [0.15, 0.2) is 0 Å². The molecule has 0 unspecified atom stereocenters. The molecule has 1 aromatic carbocycles. The van der Waals surface area contributed by atoms with E-state index in [0.717, 1.165) is 0 Å². The van der Waals surface area contributed by atoms with E-state index in [4.69, 9.17) is 4.42 Å². The van der Waals surface area contributed by atoms with Crippen molar-refractivity contribution in [2.75, 3.05) is 5.32 Å². The fourth-order valence-corrected chi connectivity index (χ4v) is 2.09. The maximum Gasteiger partial charge on any atom is 0.272 e. The first-order chi connectivity index (χ1) is 12.2. The number of amides is 2. The molecule has 2 N–H and O–H groups in total. The van der Waals surface area contributed by atoms with E-state index in [1.165, 1.54) is 12.3 Å². The lowest BCUT2D eigenvalue weighted by molar-refractivity contribution is -0.113. The van der Waals surface area contributed by atoms with Gasteiger partial charge in [-0.3, -0.25) is 14.6 Å². The third-order valence-corrected chi connectivity index (χ3v) is 3.30. The number of rotatable bonds is 5. The van der Waals surface area contributed by atoms with Crippen LogP contribution in [-0.4, -0.2) is 16.8 Å². The molecule has 0 spiro atoms. The molecule has 0 saturated carbocycles. The number of anilines is 1. The Morgan fingerprint density at radius 3 is 2.40 bits per heavy atom. The van der Waals surface area contributed by atoms with Crippen molar-refractivity contribution >= 4 is 23.6 Å². The summed E-state index contributed by atoms with van der Waals surface area (Å²) in [6.07, 6.45) is 6.09. The molecule has 0 bridgehead atoms. The van der Waals surface area contributed by atoms with Gasteiger partial charge in [-0.15, -0.1) is 0 Å². The van der Waals surface area contributed by atoms with Gasteiger partial charge < -0.3 is 15.1 Å². The van der Waals surface area contributed by atoms with Gasteiger partial charge in [0.1, 0.15) is 11.5 Å². The summed E-state index contributed by atoms with van der Waals surface area (Å²) < 4.78 is 5.23. The van der Waals surface area contributed by atoms with Crippen LogP contribution >= 0.6 is 0 Å². The van der Waals surface area contributed by atoms with Crippen molar-refractivity contribution in [3.05, 3.63) is 90.3 Å². The van der Waals surface area contributed by atoms with Gasteiger partial charge in [0.05, 0.1) is 6.26 Å². The zero-order valence-electron chi connectivity index (χ0n) is 13.2. The number of hydrogen-bond acceptors (Lipinski definition) is 4. The summed E-state index contributed by atoms with van der Waals surface area (Å²) >= 11 is 0. The quantitative estimate of drug-likeness (QED) is 0.703. The molecule has 0 fully saturated rings.